The van der Waals surface area contributed by atoms with Crippen molar-refractivity contribution in [2.45, 2.75) is 0 Å². The number of ether oxygens (including phenoxy) is 1. The summed E-state index contributed by atoms with van der Waals surface area (Å²) in [5.74, 6) is 0.0333. The first kappa shape index (κ1) is 13.5. The van der Waals surface area contributed by atoms with Gasteiger partial charge >= 0.3 is 0 Å². The van der Waals surface area contributed by atoms with Gasteiger partial charge in [0.25, 0.3) is 5.91 Å². The molecule has 4 nitrogen and oxygen atoms in total. The van der Waals surface area contributed by atoms with Crippen LogP contribution in [0, 0.1) is 0 Å². The fourth-order valence-corrected chi connectivity index (χ4v) is 3.04. The second-order valence-electron chi connectivity index (χ2n) is 4.44. The summed E-state index contributed by atoms with van der Waals surface area (Å²) in [6.07, 6.45) is 1.65. The maximum atomic E-state index is 12.3. The molecule has 1 aromatic heterocycles. The molecule has 3 rings (SSSR count). The zero-order chi connectivity index (χ0) is 13.9. The van der Waals surface area contributed by atoms with Crippen molar-refractivity contribution >= 4 is 28.8 Å². The molecule has 0 saturated carbocycles. The van der Waals surface area contributed by atoms with E-state index in [4.69, 9.17) is 16.3 Å². The Kier molecular flexibility index (Phi) is 4.00. The number of carbonyl (C=O) groups is 1. The third kappa shape index (κ3) is 2.85. The lowest BCUT2D eigenvalue weighted by Gasteiger charge is -2.26. The van der Waals surface area contributed by atoms with Crippen LogP contribution in [0.2, 0.25) is 5.02 Å². The first-order chi connectivity index (χ1) is 9.74. The molecule has 0 N–H and O–H groups in total. The summed E-state index contributed by atoms with van der Waals surface area (Å²) in [4.78, 5) is 19.1. The molecule has 1 amide bonds. The van der Waals surface area contributed by atoms with Gasteiger partial charge in [-0.1, -0.05) is 23.7 Å². The molecule has 0 unspecified atom stereocenters. The Hall–Kier alpha value is -1.43. The summed E-state index contributed by atoms with van der Waals surface area (Å²) >= 11 is 7.27. The van der Waals surface area contributed by atoms with E-state index >= 15 is 0 Å². The molecule has 0 radical (unpaired) electrons. The van der Waals surface area contributed by atoms with Gasteiger partial charge in [0.05, 0.1) is 19.4 Å². The molecule has 1 aliphatic heterocycles. The Balaban J connectivity index is 1.79. The van der Waals surface area contributed by atoms with Crippen LogP contribution in [0.5, 0.6) is 0 Å². The first-order valence-electron chi connectivity index (χ1n) is 6.33. The molecule has 1 saturated heterocycles. The Bertz CT molecular complexity index is 606. The van der Waals surface area contributed by atoms with E-state index in [1.54, 1.807) is 6.20 Å². The summed E-state index contributed by atoms with van der Waals surface area (Å²) in [5, 5.41) is 1.52. The van der Waals surface area contributed by atoms with Crippen molar-refractivity contribution in [3.05, 3.63) is 40.4 Å². The second-order valence-corrected chi connectivity index (χ2v) is 5.91. The zero-order valence-corrected chi connectivity index (χ0v) is 12.3. The lowest BCUT2D eigenvalue weighted by molar-refractivity contribution is 0.0306. The van der Waals surface area contributed by atoms with E-state index in [2.05, 4.69) is 4.98 Å². The van der Waals surface area contributed by atoms with Gasteiger partial charge in [-0.3, -0.25) is 4.79 Å². The highest BCUT2D eigenvalue weighted by molar-refractivity contribution is 7.16. The highest BCUT2D eigenvalue weighted by Gasteiger charge is 2.20. The number of halogens is 1. The van der Waals surface area contributed by atoms with Gasteiger partial charge in [0.2, 0.25) is 0 Å². The molecule has 1 aliphatic rings. The number of aromatic nitrogens is 1. The molecule has 0 bridgehead atoms. The van der Waals surface area contributed by atoms with Gasteiger partial charge in [0.1, 0.15) is 9.88 Å². The molecule has 2 aromatic rings. The van der Waals surface area contributed by atoms with E-state index in [1.165, 1.54) is 11.3 Å². The number of carbonyl (C=O) groups excluding carboxylic acids is 1. The molecule has 20 heavy (non-hydrogen) atoms. The third-order valence-electron chi connectivity index (χ3n) is 3.11. The van der Waals surface area contributed by atoms with Gasteiger partial charge in [-0.2, -0.15) is 0 Å². The quantitative estimate of drug-likeness (QED) is 0.856. The number of rotatable bonds is 2. The molecule has 0 aliphatic carbocycles. The fourth-order valence-electron chi connectivity index (χ4n) is 2.02. The van der Waals surface area contributed by atoms with Gasteiger partial charge in [-0.05, 0) is 12.1 Å². The number of hydrogen-bond donors (Lipinski definition) is 0. The molecule has 0 spiro atoms. The van der Waals surface area contributed by atoms with E-state index in [9.17, 15) is 4.79 Å². The maximum Gasteiger partial charge on any atom is 0.265 e. The summed E-state index contributed by atoms with van der Waals surface area (Å²) in [6, 6.07) is 7.46. The Morgan fingerprint density at radius 1 is 1.25 bits per heavy atom. The monoisotopic (exact) mass is 308 g/mol. The predicted molar refractivity (Wildman–Crippen MR) is 79.3 cm³/mol. The molecular formula is C14H13ClN2O2S. The third-order valence-corrected chi connectivity index (χ3v) is 4.39. The van der Waals surface area contributed by atoms with Crippen molar-refractivity contribution in [1.29, 1.82) is 0 Å². The van der Waals surface area contributed by atoms with Crippen LogP contribution in [-0.2, 0) is 4.74 Å². The van der Waals surface area contributed by atoms with Gasteiger partial charge < -0.3 is 9.64 Å². The highest BCUT2D eigenvalue weighted by atomic mass is 35.5. The highest BCUT2D eigenvalue weighted by Crippen LogP contribution is 2.27. The molecule has 6 heteroatoms. The lowest BCUT2D eigenvalue weighted by atomic mass is 10.2. The Morgan fingerprint density at radius 3 is 2.65 bits per heavy atom. The van der Waals surface area contributed by atoms with Crippen LogP contribution in [0.4, 0.5) is 0 Å². The SMILES string of the molecule is O=C(c1cnc(-c2ccc(Cl)cc2)s1)N1CCOCC1. The normalized spacial score (nSPS) is 15.3. The summed E-state index contributed by atoms with van der Waals surface area (Å²) < 4.78 is 5.25. The van der Waals surface area contributed by atoms with Crippen molar-refractivity contribution < 1.29 is 9.53 Å². The van der Waals surface area contributed by atoms with Crippen LogP contribution in [0.1, 0.15) is 9.67 Å². The first-order valence-corrected chi connectivity index (χ1v) is 7.52. The summed E-state index contributed by atoms with van der Waals surface area (Å²) in [5.41, 5.74) is 0.973. The summed E-state index contributed by atoms with van der Waals surface area (Å²) in [6.45, 7) is 2.50. The zero-order valence-electron chi connectivity index (χ0n) is 10.7. The van der Waals surface area contributed by atoms with Crippen molar-refractivity contribution in [3.63, 3.8) is 0 Å². The van der Waals surface area contributed by atoms with Crippen LogP contribution in [-0.4, -0.2) is 42.1 Å². The van der Waals surface area contributed by atoms with Crippen LogP contribution in [0.25, 0.3) is 10.6 Å². The van der Waals surface area contributed by atoms with Gasteiger partial charge in [0.15, 0.2) is 0 Å². The number of hydrogen-bond acceptors (Lipinski definition) is 4. The standard InChI is InChI=1S/C14H13ClN2O2S/c15-11-3-1-10(2-4-11)13-16-9-12(20-13)14(18)17-5-7-19-8-6-17/h1-4,9H,5-8H2. The number of thiazole rings is 1. The van der Waals surface area contributed by atoms with E-state index in [1.807, 2.05) is 29.2 Å². The molecule has 0 atom stereocenters. The smallest absolute Gasteiger partial charge is 0.265 e. The average Bonchev–Trinajstić information content (AvgIpc) is 2.98. The van der Waals surface area contributed by atoms with E-state index < -0.39 is 0 Å². The molecule has 104 valence electrons. The predicted octanol–water partition coefficient (Wildman–Crippen LogP) is 2.94. The Morgan fingerprint density at radius 2 is 1.95 bits per heavy atom. The number of nitrogens with zero attached hydrogens (tertiary/aromatic N) is 2. The Labute approximate surface area is 126 Å². The number of amides is 1. The average molecular weight is 309 g/mol. The minimum atomic E-state index is 0.0333. The van der Waals surface area contributed by atoms with Gasteiger partial charge in [-0.15, -0.1) is 11.3 Å². The number of morpholine rings is 1. The second kappa shape index (κ2) is 5.91. The molecule has 2 heterocycles. The van der Waals surface area contributed by atoms with Crippen molar-refractivity contribution in [3.8, 4) is 10.6 Å². The van der Waals surface area contributed by atoms with Crippen molar-refractivity contribution in [1.82, 2.24) is 9.88 Å². The fraction of sp³-hybridized carbons (Fsp3) is 0.286. The molecular weight excluding hydrogens is 296 g/mol. The topological polar surface area (TPSA) is 42.4 Å². The minimum absolute atomic E-state index is 0.0333. The van der Waals surface area contributed by atoms with Gasteiger partial charge in [0, 0.05) is 23.7 Å². The summed E-state index contributed by atoms with van der Waals surface area (Å²) in [7, 11) is 0. The van der Waals surface area contributed by atoms with Crippen LogP contribution in [0.3, 0.4) is 0 Å². The van der Waals surface area contributed by atoms with Gasteiger partial charge in [-0.25, -0.2) is 4.98 Å². The maximum absolute atomic E-state index is 12.3. The van der Waals surface area contributed by atoms with Crippen LogP contribution in [0.15, 0.2) is 30.5 Å². The molecule has 1 fully saturated rings. The number of benzene rings is 1. The van der Waals surface area contributed by atoms with E-state index in [-0.39, 0.29) is 5.91 Å². The lowest BCUT2D eigenvalue weighted by Crippen LogP contribution is -2.40. The van der Waals surface area contributed by atoms with Crippen LogP contribution < -0.4 is 0 Å². The van der Waals surface area contributed by atoms with E-state index in [0.717, 1.165) is 10.6 Å². The van der Waals surface area contributed by atoms with Crippen LogP contribution >= 0.6 is 22.9 Å². The van der Waals surface area contributed by atoms with Crippen molar-refractivity contribution in [2.24, 2.45) is 0 Å². The largest absolute Gasteiger partial charge is 0.378 e. The minimum Gasteiger partial charge on any atom is -0.378 e. The van der Waals surface area contributed by atoms with Crippen molar-refractivity contribution in [2.75, 3.05) is 26.3 Å². The molecule has 1 aromatic carbocycles. The van der Waals surface area contributed by atoms with E-state index in [0.29, 0.717) is 36.2 Å².